The Kier molecular flexibility index (Phi) is 4.27. The Hall–Kier alpha value is -3.28. The van der Waals surface area contributed by atoms with Crippen molar-refractivity contribution in [1.82, 2.24) is 15.3 Å². The summed E-state index contributed by atoms with van der Waals surface area (Å²) in [6.45, 7) is 1.03. The third kappa shape index (κ3) is 3.14. The number of fused-ring (bicyclic) bond motifs is 2. The summed E-state index contributed by atoms with van der Waals surface area (Å²) in [6, 6.07) is 15.9. The van der Waals surface area contributed by atoms with Crippen molar-refractivity contribution in [3.8, 4) is 22.8 Å². The number of aromatic nitrogens is 2. The topological polar surface area (TPSA) is 76.2 Å². The molecule has 0 saturated heterocycles. The number of hydrogen-bond donors (Lipinski definition) is 2. The van der Waals surface area contributed by atoms with Gasteiger partial charge in [-0.2, -0.15) is 0 Å². The van der Waals surface area contributed by atoms with Gasteiger partial charge in [0.1, 0.15) is 17.3 Å². The normalized spacial score (nSPS) is 21.9. The maximum absolute atomic E-state index is 12.9. The molecule has 1 aromatic heterocycles. The average Bonchev–Trinajstić information content (AvgIpc) is 3.28. The molecule has 1 aliphatic carbocycles. The number of aromatic amines is 1. The number of imidazole rings is 1. The minimum absolute atomic E-state index is 0.0409. The molecule has 0 unspecified atom stereocenters. The molecule has 1 spiro atoms. The molecule has 2 aromatic carbocycles. The van der Waals surface area contributed by atoms with Gasteiger partial charge in [0.25, 0.3) is 0 Å². The van der Waals surface area contributed by atoms with Crippen LogP contribution in [0.5, 0.6) is 11.5 Å². The van der Waals surface area contributed by atoms with E-state index in [0.29, 0.717) is 13.2 Å². The van der Waals surface area contributed by atoms with E-state index in [4.69, 9.17) is 9.47 Å². The standard InChI is InChI=1S/C23H23N3O3/c1-28-16-7-8-20-17(11-16)23(9-10-29-20)12-18(23)22(27)25-14-21-24-13-19(26-21)15-5-3-2-4-6-15/h2-8,11,13,18H,9-10,12,14H2,1H3,(H,24,26)(H,25,27)/t18-,23-/m1/s1. The van der Waals surface area contributed by atoms with E-state index in [1.54, 1.807) is 13.3 Å². The number of methoxy groups -OCH3 is 1. The molecule has 148 valence electrons. The zero-order valence-corrected chi connectivity index (χ0v) is 16.3. The minimum atomic E-state index is -0.134. The zero-order valence-electron chi connectivity index (χ0n) is 16.3. The van der Waals surface area contributed by atoms with Gasteiger partial charge in [0.15, 0.2) is 0 Å². The van der Waals surface area contributed by atoms with Gasteiger partial charge < -0.3 is 19.8 Å². The molecule has 2 N–H and O–H groups in total. The minimum Gasteiger partial charge on any atom is -0.497 e. The second kappa shape index (κ2) is 6.95. The highest BCUT2D eigenvalue weighted by atomic mass is 16.5. The Morgan fingerprint density at radius 1 is 1.31 bits per heavy atom. The fourth-order valence-electron chi connectivity index (χ4n) is 4.36. The summed E-state index contributed by atoms with van der Waals surface area (Å²) in [4.78, 5) is 20.6. The number of hydrogen-bond acceptors (Lipinski definition) is 4. The van der Waals surface area contributed by atoms with Crippen LogP contribution in [0.3, 0.4) is 0 Å². The van der Waals surface area contributed by atoms with E-state index in [1.165, 1.54) is 0 Å². The number of nitrogens with one attached hydrogen (secondary N) is 2. The Labute approximate surface area is 169 Å². The first-order valence-electron chi connectivity index (χ1n) is 9.88. The lowest BCUT2D eigenvalue weighted by molar-refractivity contribution is -0.123. The molecule has 0 radical (unpaired) electrons. The number of rotatable bonds is 5. The van der Waals surface area contributed by atoms with E-state index in [1.807, 2.05) is 48.5 Å². The molecule has 2 aliphatic rings. The van der Waals surface area contributed by atoms with Crippen molar-refractivity contribution in [2.24, 2.45) is 5.92 Å². The van der Waals surface area contributed by atoms with Gasteiger partial charge in [0, 0.05) is 16.9 Å². The number of nitrogens with zero attached hydrogens (tertiary/aromatic N) is 1. The van der Waals surface area contributed by atoms with Crippen LogP contribution in [0.2, 0.25) is 0 Å². The van der Waals surface area contributed by atoms with E-state index < -0.39 is 0 Å². The molecule has 29 heavy (non-hydrogen) atoms. The summed E-state index contributed by atoms with van der Waals surface area (Å²) in [7, 11) is 1.65. The number of carbonyl (C=O) groups excluding carboxylic acids is 1. The van der Waals surface area contributed by atoms with Gasteiger partial charge in [0.2, 0.25) is 5.91 Å². The van der Waals surface area contributed by atoms with E-state index in [-0.39, 0.29) is 17.2 Å². The fraction of sp³-hybridized carbons (Fsp3) is 0.304. The molecule has 1 fully saturated rings. The van der Waals surface area contributed by atoms with Crippen LogP contribution in [-0.4, -0.2) is 29.6 Å². The van der Waals surface area contributed by atoms with Gasteiger partial charge in [0.05, 0.1) is 32.2 Å². The van der Waals surface area contributed by atoms with Crippen LogP contribution in [0.25, 0.3) is 11.3 Å². The Morgan fingerprint density at radius 2 is 2.17 bits per heavy atom. The van der Waals surface area contributed by atoms with Crippen LogP contribution < -0.4 is 14.8 Å². The first kappa shape index (κ1) is 17.8. The van der Waals surface area contributed by atoms with Crippen LogP contribution in [-0.2, 0) is 16.8 Å². The van der Waals surface area contributed by atoms with Crippen molar-refractivity contribution >= 4 is 5.91 Å². The Bertz CT molecular complexity index is 1050. The highest BCUT2D eigenvalue weighted by Gasteiger charge is 2.61. The predicted octanol–water partition coefficient (Wildman–Crippen LogP) is 3.44. The number of benzene rings is 2. The molecule has 1 amide bonds. The number of ether oxygens (including phenoxy) is 2. The van der Waals surface area contributed by atoms with Crippen molar-refractivity contribution in [3.05, 3.63) is 66.1 Å². The Balaban J connectivity index is 1.27. The van der Waals surface area contributed by atoms with E-state index >= 15 is 0 Å². The first-order chi connectivity index (χ1) is 14.2. The Morgan fingerprint density at radius 3 is 3.00 bits per heavy atom. The number of amides is 1. The highest BCUT2D eigenvalue weighted by molar-refractivity contribution is 5.85. The highest BCUT2D eigenvalue weighted by Crippen LogP contribution is 2.61. The lowest BCUT2D eigenvalue weighted by Crippen LogP contribution is -2.31. The molecule has 6 nitrogen and oxygen atoms in total. The molecule has 1 saturated carbocycles. The average molecular weight is 389 g/mol. The van der Waals surface area contributed by atoms with Gasteiger partial charge in [-0.25, -0.2) is 4.98 Å². The van der Waals surface area contributed by atoms with E-state index in [0.717, 1.165) is 47.0 Å². The van der Waals surface area contributed by atoms with Crippen LogP contribution in [0.1, 0.15) is 24.2 Å². The van der Waals surface area contributed by atoms with Crippen LogP contribution >= 0.6 is 0 Å². The van der Waals surface area contributed by atoms with Crippen molar-refractivity contribution < 1.29 is 14.3 Å². The number of H-pyrrole nitrogens is 1. The molecule has 3 aromatic rings. The largest absolute Gasteiger partial charge is 0.497 e. The maximum Gasteiger partial charge on any atom is 0.224 e. The summed E-state index contributed by atoms with van der Waals surface area (Å²) in [5.41, 5.74) is 2.98. The molecule has 2 atom stereocenters. The van der Waals surface area contributed by atoms with Gasteiger partial charge >= 0.3 is 0 Å². The molecular weight excluding hydrogens is 366 g/mol. The lowest BCUT2D eigenvalue weighted by Gasteiger charge is -2.27. The second-order valence-corrected chi connectivity index (χ2v) is 7.70. The quantitative estimate of drug-likeness (QED) is 0.701. The smallest absolute Gasteiger partial charge is 0.224 e. The molecule has 5 rings (SSSR count). The molecule has 1 aliphatic heterocycles. The summed E-state index contributed by atoms with van der Waals surface area (Å²) < 4.78 is 11.2. The monoisotopic (exact) mass is 389 g/mol. The molecule has 2 heterocycles. The van der Waals surface area contributed by atoms with Crippen molar-refractivity contribution in [1.29, 1.82) is 0 Å². The lowest BCUT2D eigenvalue weighted by atomic mass is 9.87. The third-order valence-corrected chi connectivity index (χ3v) is 6.06. The SMILES string of the molecule is COc1ccc2c(c1)[C@@]1(CCO2)C[C@@H]1C(=O)NCc1ncc(-c2ccccc2)[nH]1. The van der Waals surface area contributed by atoms with Crippen LogP contribution in [0.15, 0.2) is 54.7 Å². The molecular formula is C23H23N3O3. The molecule has 0 bridgehead atoms. The number of carbonyl (C=O) groups is 1. The van der Waals surface area contributed by atoms with Crippen LogP contribution in [0, 0.1) is 5.92 Å². The molecule has 6 heteroatoms. The van der Waals surface area contributed by atoms with Crippen LogP contribution in [0.4, 0.5) is 0 Å². The summed E-state index contributed by atoms with van der Waals surface area (Å²) >= 11 is 0. The van der Waals surface area contributed by atoms with Gasteiger partial charge in [-0.1, -0.05) is 30.3 Å². The van der Waals surface area contributed by atoms with Gasteiger partial charge in [-0.05, 0) is 36.6 Å². The summed E-state index contributed by atoms with van der Waals surface area (Å²) in [6.07, 6.45) is 3.50. The van der Waals surface area contributed by atoms with Crippen molar-refractivity contribution in [2.75, 3.05) is 13.7 Å². The zero-order chi connectivity index (χ0) is 19.8. The van der Waals surface area contributed by atoms with Gasteiger partial charge in [-0.3, -0.25) is 4.79 Å². The van der Waals surface area contributed by atoms with Crippen molar-refractivity contribution in [2.45, 2.75) is 24.8 Å². The van der Waals surface area contributed by atoms with E-state index in [9.17, 15) is 4.79 Å². The predicted molar refractivity (Wildman–Crippen MR) is 109 cm³/mol. The van der Waals surface area contributed by atoms with Crippen molar-refractivity contribution in [3.63, 3.8) is 0 Å². The third-order valence-electron chi connectivity index (χ3n) is 6.06. The van der Waals surface area contributed by atoms with Gasteiger partial charge in [-0.15, -0.1) is 0 Å². The second-order valence-electron chi connectivity index (χ2n) is 7.70. The fourth-order valence-corrected chi connectivity index (χ4v) is 4.36. The van der Waals surface area contributed by atoms with E-state index in [2.05, 4.69) is 15.3 Å². The summed E-state index contributed by atoms with van der Waals surface area (Å²) in [5.74, 6) is 2.44. The summed E-state index contributed by atoms with van der Waals surface area (Å²) in [5, 5.41) is 3.05. The maximum atomic E-state index is 12.9. The first-order valence-corrected chi connectivity index (χ1v) is 9.88.